The summed E-state index contributed by atoms with van der Waals surface area (Å²) >= 11 is 0. The Labute approximate surface area is 141 Å². The minimum Gasteiger partial charge on any atom is -0.497 e. The molecule has 2 aromatic rings. The van der Waals surface area contributed by atoms with E-state index in [0.29, 0.717) is 17.8 Å². The van der Waals surface area contributed by atoms with Crippen molar-refractivity contribution in [3.8, 4) is 5.75 Å². The normalized spacial score (nSPS) is 27.2. The topological polar surface area (TPSA) is 70.2 Å². The van der Waals surface area contributed by atoms with Gasteiger partial charge in [-0.1, -0.05) is 6.42 Å². The van der Waals surface area contributed by atoms with Gasteiger partial charge < -0.3 is 15.0 Å². The lowest BCUT2D eigenvalue weighted by Gasteiger charge is -2.47. The first-order valence-electron chi connectivity index (χ1n) is 8.70. The van der Waals surface area contributed by atoms with Crippen LogP contribution in [0.4, 0.5) is 0 Å². The van der Waals surface area contributed by atoms with Crippen LogP contribution in [0.15, 0.2) is 18.2 Å². The van der Waals surface area contributed by atoms with E-state index in [-0.39, 0.29) is 11.9 Å². The highest BCUT2D eigenvalue weighted by Crippen LogP contribution is 2.32. The predicted octanol–water partition coefficient (Wildman–Crippen LogP) is 2.32. The second-order valence-electron chi connectivity index (χ2n) is 7.03. The molecule has 2 N–H and O–H groups in total. The van der Waals surface area contributed by atoms with Gasteiger partial charge in [-0.15, -0.1) is 0 Å². The summed E-state index contributed by atoms with van der Waals surface area (Å²) in [6.07, 6.45) is 5.87. The van der Waals surface area contributed by atoms with E-state index in [9.17, 15) is 4.79 Å². The summed E-state index contributed by atoms with van der Waals surface area (Å²) < 4.78 is 5.21. The number of hydrogen-bond acceptors (Lipinski definition) is 4. The standard InChI is InChI=1S/C18H24N4O2/c1-22-12-4-3-5-13(22)9-11(8-12)19-18(23)17-15-7-6-14(24-2)10-16(15)20-21-17/h6-7,10-13H,3-5,8-9H2,1-2H3,(H,19,23)(H,20,21)/t11?,12-,13+. The molecule has 24 heavy (non-hydrogen) atoms. The third-order valence-corrected chi connectivity index (χ3v) is 5.66. The number of amides is 1. The summed E-state index contributed by atoms with van der Waals surface area (Å²) in [7, 11) is 3.85. The lowest BCUT2D eigenvalue weighted by molar-refractivity contribution is 0.0462. The minimum atomic E-state index is -0.0842. The van der Waals surface area contributed by atoms with Crippen LogP contribution in [0.3, 0.4) is 0 Å². The maximum atomic E-state index is 12.7. The van der Waals surface area contributed by atoms with Gasteiger partial charge in [0.1, 0.15) is 5.75 Å². The third kappa shape index (κ3) is 2.65. The van der Waals surface area contributed by atoms with Crippen LogP contribution in [-0.2, 0) is 0 Å². The largest absolute Gasteiger partial charge is 0.497 e. The van der Waals surface area contributed by atoms with Gasteiger partial charge in [0.25, 0.3) is 5.91 Å². The lowest BCUT2D eigenvalue weighted by Crippen LogP contribution is -2.55. The average molecular weight is 328 g/mol. The third-order valence-electron chi connectivity index (χ3n) is 5.66. The van der Waals surface area contributed by atoms with E-state index >= 15 is 0 Å². The van der Waals surface area contributed by atoms with E-state index in [1.165, 1.54) is 19.3 Å². The number of aromatic amines is 1. The van der Waals surface area contributed by atoms with Gasteiger partial charge >= 0.3 is 0 Å². The molecule has 0 saturated carbocycles. The Morgan fingerprint density at radius 2 is 2.08 bits per heavy atom. The van der Waals surface area contributed by atoms with E-state index in [0.717, 1.165) is 29.5 Å². The molecule has 4 rings (SSSR count). The van der Waals surface area contributed by atoms with Crippen molar-refractivity contribution < 1.29 is 9.53 Å². The number of nitrogens with zero attached hydrogens (tertiary/aromatic N) is 2. The second-order valence-corrected chi connectivity index (χ2v) is 7.03. The molecule has 2 aliphatic rings. The average Bonchev–Trinajstić information content (AvgIpc) is 2.98. The van der Waals surface area contributed by atoms with Crippen molar-refractivity contribution in [2.75, 3.05) is 14.2 Å². The number of carbonyl (C=O) groups excluding carboxylic acids is 1. The van der Waals surface area contributed by atoms with Crippen LogP contribution < -0.4 is 10.1 Å². The van der Waals surface area contributed by atoms with Gasteiger partial charge in [-0.2, -0.15) is 5.10 Å². The number of ether oxygens (including phenoxy) is 1. The number of H-pyrrole nitrogens is 1. The number of piperidine rings is 2. The van der Waals surface area contributed by atoms with Crippen LogP contribution in [-0.4, -0.2) is 53.3 Å². The molecule has 6 nitrogen and oxygen atoms in total. The Bertz CT molecular complexity index is 743. The van der Waals surface area contributed by atoms with E-state index < -0.39 is 0 Å². The number of benzene rings is 1. The number of carbonyl (C=O) groups is 1. The lowest BCUT2D eigenvalue weighted by atomic mass is 9.82. The summed E-state index contributed by atoms with van der Waals surface area (Å²) in [4.78, 5) is 15.2. The quantitative estimate of drug-likeness (QED) is 0.907. The highest BCUT2D eigenvalue weighted by molar-refractivity contribution is 6.05. The fourth-order valence-electron chi connectivity index (χ4n) is 4.29. The van der Waals surface area contributed by atoms with Crippen molar-refractivity contribution in [2.24, 2.45) is 0 Å². The van der Waals surface area contributed by atoms with Gasteiger partial charge in [-0.05, 0) is 44.9 Å². The Morgan fingerprint density at radius 1 is 1.33 bits per heavy atom. The number of rotatable bonds is 3. The molecule has 1 amide bonds. The van der Waals surface area contributed by atoms with Crippen molar-refractivity contribution in [3.63, 3.8) is 0 Å². The van der Waals surface area contributed by atoms with Crippen LogP contribution in [0.25, 0.3) is 10.9 Å². The summed E-state index contributed by atoms with van der Waals surface area (Å²) in [5, 5.41) is 11.2. The minimum absolute atomic E-state index is 0.0842. The molecule has 0 radical (unpaired) electrons. The molecule has 2 bridgehead atoms. The summed E-state index contributed by atoms with van der Waals surface area (Å²) in [5.74, 6) is 0.667. The fraction of sp³-hybridized carbons (Fsp3) is 0.556. The molecular formula is C18H24N4O2. The molecule has 3 heterocycles. The van der Waals surface area contributed by atoms with E-state index in [2.05, 4.69) is 27.5 Å². The fourth-order valence-corrected chi connectivity index (χ4v) is 4.29. The first kappa shape index (κ1) is 15.4. The van der Waals surface area contributed by atoms with E-state index in [1.807, 2.05) is 18.2 Å². The molecule has 2 aliphatic heterocycles. The number of hydrogen-bond donors (Lipinski definition) is 2. The highest BCUT2D eigenvalue weighted by Gasteiger charge is 2.36. The number of methoxy groups -OCH3 is 1. The Kier molecular flexibility index (Phi) is 3.92. The van der Waals surface area contributed by atoms with Crippen molar-refractivity contribution in [1.29, 1.82) is 0 Å². The van der Waals surface area contributed by atoms with Crippen LogP contribution in [0.5, 0.6) is 5.75 Å². The Hall–Kier alpha value is -2.08. The molecule has 0 spiro atoms. The van der Waals surface area contributed by atoms with Crippen molar-refractivity contribution >= 4 is 16.8 Å². The number of aromatic nitrogens is 2. The molecule has 1 aromatic heterocycles. The summed E-state index contributed by atoms with van der Waals surface area (Å²) in [6, 6.07) is 7.05. The van der Waals surface area contributed by atoms with Gasteiger partial charge in [-0.25, -0.2) is 0 Å². The van der Waals surface area contributed by atoms with Crippen LogP contribution in [0.2, 0.25) is 0 Å². The van der Waals surface area contributed by atoms with Crippen LogP contribution in [0, 0.1) is 0 Å². The first-order chi connectivity index (χ1) is 11.7. The maximum absolute atomic E-state index is 12.7. The van der Waals surface area contributed by atoms with Crippen LogP contribution in [0.1, 0.15) is 42.6 Å². The molecule has 2 fully saturated rings. The maximum Gasteiger partial charge on any atom is 0.272 e. The van der Waals surface area contributed by atoms with Crippen molar-refractivity contribution in [3.05, 3.63) is 23.9 Å². The van der Waals surface area contributed by atoms with Gasteiger partial charge in [0, 0.05) is 29.6 Å². The van der Waals surface area contributed by atoms with Gasteiger partial charge in [0.2, 0.25) is 0 Å². The second kappa shape index (κ2) is 6.09. The molecule has 1 unspecified atom stereocenters. The molecular weight excluding hydrogens is 304 g/mol. The zero-order valence-electron chi connectivity index (χ0n) is 14.2. The zero-order valence-corrected chi connectivity index (χ0v) is 14.2. The molecule has 2 saturated heterocycles. The summed E-state index contributed by atoms with van der Waals surface area (Å²) in [5.41, 5.74) is 1.29. The number of nitrogens with one attached hydrogen (secondary N) is 2. The molecule has 0 aliphatic carbocycles. The molecule has 6 heteroatoms. The molecule has 1 aromatic carbocycles. The van der Waals surface area contributed by atoms with E-state index in [1.54, 1.807) is 7.11 Å². The van der Waals surface area contributed by atoms with E-state index in [4.69, 9.17) is 4.74 Å². The Balaban J connectivity index is 1.50. The van der Waals surface area contributed by atoms with Gasteiger partial charge in [-0.3, -0.25) is 9.89 Å². The molecule has 3 atom stereocenters. The monoisotopic (exact) mass is 328 g/mol. The van der Waals surface area contributed by atoms with Gasteiger partial charge in [0.15, 0.2) is 5.69 Å². The van der Waals surface area contributed by atoms with Gasteiger partial charge in [0.05, 0.1) is 12.6 Å². The van der Waals surface area contributed by atoms with Crippen molar-refractivity contribution in [2.45, 2.75) is 50.2 Å². The molecule has 128 valence electrons. The number of fused-ring (bicyclic) bond motifs is 3. The summed E-state index contributed by atoms with van der Waals surface area (Å²) in [6.45, 7) is 0. The smallest absolute Gasteiger partial charge is 0.272 e. The zero-order chi connectivity index (χ0) is 16.7. The first-order valence-corrected chi connectivity index (χ1v) is 8.70. The van der Waals surface area contributed by atoms with Crippen molar-refractivity contribution in [1.82, 2.24) is 20.4 Å². The van der Waals surface area contributed by atoms with Crippen LogP contribution >= 0.6 is 0 Å². The highest BCUT2D eigenvalue weighted by atomic mass is 16.5. The Morgan fingerprint density at radius 3 is 2.79 bits per heavy atom. The SMILES string of the molecule is COc1ccc2c(C(=O)NC3C[C@H]4CCC[C@@H](C3)N4C)n[nH]c2c1. The predicted molar refractivity (Wildman–Crippen MR) is 92.3 cm³/mol.